The monoisotopic (exact) mass is 407 g/mol. The summed E-state index contributed by atoms with van der Waals surface area (Å²) in [5.74, 6) is 0.0848. The third kappa shape index (κ3) is 3.84. The molecule has 30 heavy (non-hydrogen) atoms. The number of amides is 1. The van der Waals surface area contributed by atoms with Crippen molar-refractivity contribution in [1.29, 1.82) is 0 Å². The van der Waals surface area contributed by atoms with Gasteiger partial charge in [0.15, 0.2) is 5.76 Å². The normalized spacial score (nSPS) is 12.2. The Morgan fingerprint density at radius 1 is 1.23 bits per heavy atom. The Kier molecular flexibility index (Phi) is 5.63. The number of aromatic nitrogens is 2. The quantitative estimate of drug-likeness (QED) is 0.494. The fourth-order valence-electron chi connectivity index (χ4n) is 3.43. The SMILES string of the molecule is CCOCc1c(C(=O)NC(c2ccc(F)cc2)c2nccn2C)oc2ccccc12. The minimum absolute atomic E-state index is 0.200. The first-order valence-electron chi connectivity index (χ1n) is 9.70. The van der Waals surface area contributed by atoms with Crippen molar-refractivity contribution in [1.82, 2.24) is 14.9 Å². The van der Waals surface area contributed by atoms with E-state index < -0.39 is 11.9 Å². The van der Waals surface area contributed by atoms with Gasteiger partial charge in [0, 0.05) is 37.0 Å². The molecule has 1 atom stereocenters. The molecule has 1 amide bonds. The first-order chi connectivity index (χ1) is 14.6. The number of carbonyl (C=O) groups excluding carboxylic acids is 1. The number of imidazole rings is 1. The van der Waals surface area contributed by atoms with Crippen molar-refractivity contribution >= 4 is 16.9 Å². The topological polar surface area (TPSA) is 69.3 Å². The lowest BCUT2D eigenvalue weighted by atomic mass is 10.1. The van der Waals surface area contributed by atoms with Gasteiger partial charge in [0.05, 0.1) is 6.61 Å². The van der Waals surface area contributed by atoms with Gasteiger partial charge in [-0.05, 0) is 30.7 Å². The van der Waals surface area contributed by atoms with E-state index in [0.717, 1.165) is 5.39 Å². The predicted octanol–water partition coefficient (Wildman–Crippen LogP) is 4.36. The molecule has 0 spiro atoms. The predicted molar refractivity (Wildman–Crippen MR) is 110 cm³/mol. The van der Waals surface area contributed by atoms with E-state index in [1.165, 1.54) is 12.1 Å². The van der Waals surface area contributed by atoms with Crippen LogP contribution in [0.4, 0.5) is 4.39 Å². The average molecular weight is 407 g/mol. The molecule has 2 heterocycles. The zero-order chi connectivity index (χ0) is 21.1. The van der Waals surface area contributed by atoms with Crippen LogP contribution in [0, 0.1) is 5.82 Å². The molecular formula is C23H22FN3O3. The molecule has 0 aliphatic rings. The molecule has 154 valence electrons. The number of furan rings is 1. The number of ether oxygens (including phenoxy) is 1. The molecule has 0 fully saturated rings. The molecule has 0 saturated carbocycles. The number of carbonyl (C=O) groups is 1. The Hall–Kier alpha value is -3.45. The molecule has 2 aromatic carbocycles. The van der Waals surface area contributed by atoms with Gasteiger partial charge in [-0.25, -0.2) is 9.37 Å². The van der Waals surface area contributed by atoms with Crippen molar-refractivity contribution in [3.63, 3.8) is 0 Å². The highest BCUT2D eigenvalue weighted by atomic mass is 19.1. The highest BCUT2D eigenvalue weighted by Crippen LogP contribution is 2.28. The van der Waals surface area contributed by atoms with Gasteiger partial charge in [-0.1, -0.05) is 30.3 Å². The van der Waals surface area contributed by atoms with Crippen molar-refractivity contribution in [2.75, 3.05) is 6.61 Å². The van der Waals surface area contributed by atoms with Gasteiger partial charge in [-0.2, -0.15) is 0 Å². The fourth-order valence-corrected chi connectivity index (χ4v) is 3.43. The molecule has 0 radical (unpaired) electrons. The van der Waals surface area contributed by atoms with Crippen LogP contribution in [-0.2, 0) is 18.4 Å². The maximum absolute atomic E-state index is 13.5. The average Bonchev–Trinajstić information content (AvgIpc) is 3.34. The van der Waals surface area contributed by atoms with Gasteiger partial charge in [0.25, 0.3) is 5.91 Å². The van der Waals surface area contributed by atoms with Gasteiger partial charge >= 0.3 is 0 Å². The minimum atomic E-state index is -0.578. The summed E-state index contributed by atoms with van der Waals surface area (Å²) < 4.78 is 26.7. The molecule has 6 nitrogen and oxygen atoms in total. The van der Waals surface area contributed by atoms with Crippen molar-refractivity contribution in [2.24, 2.45) is 7.05 Å². The maximum Gasteiger partial charge on any atom is 0.288 e. The van der Waals surface area contributed by atoms with E-state index in [2.05, 4.69) is 10.3 Å². The van der Waals surface area contributed by atoms with E-state index in [1.807, 2.05) is 42.8 Å². The second kappa shape index (κ2) is 8.51. The molecule has 2 aromatic heterocycles. The zero-order valence-electron chi connectivity index (χ0n) is 16.8. The number of aryl methyl sites for hydroxylation is 1. The van der Waals surface area contributed by atoms with Crippen molar-refractivity contribution in [3.8, 4) is 0 Å². The van der Waals surface area contributed by atoms with Crippen LogP contribution in [0.15, 0.2) is 65.3 Å². The smallest absolute Gasteiger partial charge is 0.288 e. The number of rotatable bonds is 7. The number of nitrogens with zero attached hydrogens (tertiary/aromatic N) is 2. The van der Waals surface area contributed by atoms with Crippen LogP contribution in [-0.4, -0.2) is 22.1 Å². The molecule has 0 bridgehead atoms. The number of hydrogen-bond donors (Lipinski definition) is 1. The summed E-state index contributed by atoms with van der Waals surface area (Å²) in [7, 11) is 1.84. The van der Waals surface area contributed by atoms with Crippen molar-refractivity contribution in [3.05, 3.63) is 89.5 Å². The number of fused-ring (bicyclic) bond motifs is 1. The van der Waals surface area contributed by atoms with Gasteiger partial charge in [0.2, 0.25) is 0 Å². The summed E-state index contributed by atoms with van der Waals surface area (Å²) in [5, 5.41) is 3.84. The maximum atomic E-state index is 13.5. The standard InChI is InChI=1S/C23H22FN3O3/c1-3-29-14-18-17-6-4-5-7-19(17)30-21(18)23(28)26-20(22-25-12-13-27(22)2)15-8-10-16(24)11-9-15/h4-13,20H,3,14H2,1-2H3,(H,26,28). The lowest BCUT2D eigenvalue weighted by Crippen LogP contribution is -2.31. The first-order valence-corrected chi connectivity index (χ1v) is 9.70. The van der Waals surface area contributed by atoms with Crippen LogP contribution in [0.2, 0.25) is 0 Å². The Bertz CT molecular complexity index is 1160. The molecule has 4 rings (SSSR count). The minimum Gasteiger partial charge on any atom is -0.451 e. The summed E-state index contributed by atoms with van der Waals surface area (Å²) >= 11 is 0. The third-order valence-corrected chi connectivity index (χ3v) is 4.95. The number of nitrogens with one attached hydrogen (secondary N) is 1. The van der Waals surface area contributed by atoms with Crippen LogP contribution in [0.1, 0.15) is 40.5 Å². The molecular weight excluding hydrogens is 385 g/mol. The molecule has 0 aliphatic heterocycles. The molecule has 0 aliphatic carbocycles. The first kappa shape index (κ1) is 19.8. The van der Waals surface area contributed by atoms with Gasteiger partial charge in [-0.3, -0.25) is 4.79 Å². The molecule has 1 unspecified atom stereocenters. The van der Waals surface area contributed by atoms with E-state index in [1.54, 1.807) is 24.5 Å². The Morgan fingerprint density at radius 2 is 2.00 bits per heavy atom. The number of para-hydroxylation sites is 1. The molecule has 0 saturated heterocycles. The van der Waals surface area contributed by atoms with Gasteiger partial charge in [0.1, 0.15) is 23.3 Å². The second-order valence-corrected chi connectivity index (χ2v) is 6.90. The van der Waals surface area contributed by atoms with E-state index in [9.17, 15) is 9.18 Å². The largest absolute Gasteiger partial charge is 0.451 e. The number of halogens is 1. The summed E-state index contributed by atoms with van der Waals surface area (Å²) in [6.07, 6.45) is 3.44. The van der Waals surface area contributed by atoms with E-state index >= 15 is 0 Å². The lowest BCUT2D eigenvalue weighted by molar-refractivity contribution is 0.0902. The van der Waals surface area contributed by atoms with Gasteiger partial charge < -0.3 is 19.0 Å². The molecule has 4 aromatic rings. The van der Waals surface area contributed by atoms with Crippen molar-refractivity contribution < 1.29 is 18.3 Å². The van der Waals surface area contributed by atoms with Crippen LogP contribution in [0.5, 0.6) is 0 Å². The van der Waals surface area contributed by atoms with Crippen LogP contribution in [0.25, 0.3) is 11.0 Å². The van der Waals surface area contributed by atoms with Crippen LogP contribution in [0.3, 0.4) is 0 Å². The number of hydrogen-bond acceptors (Lipinski definition) is 4. The van der Waals surface area contributed by atoms with E-state index in [-0.39, 0.29) is 18.2 Å². The van der Waals surface area contributed by atoms with Crippen molar-refractivity contribution in [2.45, 2.75) is 19.6 Å². The Balaban J connectivity index is 1.73. The Morgan fingerprint density at radius 3 is 2.70 bits per heavy atom. The Labute approximate surface area is 173 Å². The summed E-state index contributed by atoms with van der Waals surface area (Å²) in [5.41, 5.74) is 2.02. The fraction of sp³-hybridized carbons (Fsp3) is 0.217. The highest BCUT2D eigenvalue weighted by molar-refractivity contribution is 5.99. The summed E-state index contributed by atoms with van der Waals surface area (Å²) in [4.78, 5) is 17.7. The molecule has 7 heteroatoms. The third-order valence-electron chi connectivity index (χ3n) is 4.95. The second-order valence-electron chi connectivity index (χ2n) is 6.90. The highest BCUT2D eigenvalue weighted by Gasteiger charge is 2.26. The van der Waals surface area contributed by atoms with Crippen LogP contribution < -0.4 is 5.32 Å². The van der Waals surface area contributed by atoms with Crippen LogP contribution >= 0.6 is 0 Å². The van der Waals surface area contributed by atoms with E-state index in [0.29, 0.717) is 29.1 Å². The zero-order valence-corrected chi connectivity index (χ0v) is 16.8. The summed E-state index contributed by atoms with van der Waals surface area (Å²) in [6.45, 7) is 2.68. The lowest BCUT2D eigenvalue weighted by Gasteiger charge is -2.19. The van der Waals surface area contributed by atoms with Gasteiger partial charge in [-0.15, -0.1) is 0 Å². The van der Waals surface area contributed by atoms with E-state index in [4.69, 9.17) is 9.15 Å². The molecule has 1 N–H and O–H groups in total. The number of benzene rings is 2. The summed E-state index contributed by atoms with van der Waals surface area (Å²) in [6, 6.07) is 12.9.